The van der Waals surface area contributed by atoms with Gasteiger partial charge in [0, 0.05) is 38.1 Å². The largest absolute Gasteiger partial charge is 0.444 e. The zero-order valence-electron chi connectivity index (χ0n) is 25.6. The average Bonchev–Trinajstić information content (AvgIpc) is 3.88. The van der Waals surface area contributed by atoms with Crippen LogP contribution in [0.3, 0.4) is 0 Å². The summed E-state index contributed by atoms with van der Waals surface area (Å²) in [5.74, 6) is 0.483. The summed E-state index contributed by atoms with van der Waals surface area (Å²) in [6.07, 6.45) is 7.56. The Morgan fingerprint density at radius 1 is 0.884 bits per heavy atom. The van der Waals surface area contributed by atoms with Gasteiger partial charge in [0.25, 0.3) is 0 Å². The molecule has 0 heterocycles. The normalized spacial score (nSPS) is 18.1. The van der Waals surface area contributed by atoms with Crippen molar-refractivity contribution in [2.24, 2.45) is 11.7 Å². The molecule has 228 valence electrons. The summed E-state index contributed by atoms with van der Waals surface area (Å²) in [5.41, 5.74) is 11.9. The van der Waals surface area contributed by atoms with Gasteiger partial charge in [0.05, 0.1) is 11.4 Å². The van der Waals surface area contributed by atoms with Crippen LogP contribution in [0.1, 0.15) is 69.4 Å². The van der Waals surface area contributed by atoms with E-state index in [2.05, 4.69) is 65.5 Å². The Kier molecular flexibility index (Phi) is 10.4. The molecule has 7 nitrogen and oxygen atoms in total. The number of benzene rings is 3. The highest BCUT2D eigenvalue weighted by molar-refractivity contribution is 5.91. The number of carbonyl (C=O) groups is 2. The molecule has 0 bridgehead atoms. The van der Waals surface area contributed by atoms with Crippen LogP contribution < -0.4 is 16.0 Å². The zero-order valence-corrected chi connectivity index (χ0v) is 25.6. The average molecular weight is 583 g/mol. The standard InChI is InChI=1S/C36H46N4O3/c1-3-4-21-39(2)34-20-15-30(23-33(34)38-36(42)43-25-26-9-6-5-7-10-26)29-12-8-11-27(22-29)24-40(35(41)28-13-14-28)32-18-16-31(37)17-19-32/h5-12,15,20,22-23,28,31-32H,3-4,13-14,16-19,21,24-25,37H2,1-2H3,(H,38,42). The van der Waals surface area contributed by atoms with Gasteiger partial charge >= 0.3 is 6.09 Å². The van der Waals surface area contributed by atoms with Crippen LogP contribution in [0.4, 0.5) is 16.2 Å². The minimum atomic E-state index is -0.485. The molecule has 2 fully saturated rings. The first-order valence-corrected chi connectivity index (χ1v) is 15.9. The minimum absolute atomic E-state index is 0.186. The van der Waals surface area contributed by atoms with Crippen molar-refractivity contribution in [3.63, 3.8) is 0 Å². The fourth-order valence-corrected chi connectivity index (χ4v) is 5.94. The van der Waals surface area contributed by atoms with Crippen LogP contribution in [-0.2, 0) is 22.7 Å². The summed E-state index contributed by atoms with van der Waals surface area (Å²) in [4.78, 5) is 30.5. The number of anilines is 2. The maximum Gasteiger partial charge on any atom is 0.412 e. The molecule has 0 atom stereocenters. The second-order valence-electron chi connectivity index (χ2n) is 12.2. The lowest BCUT2D eigenvalue weighted by atomic mass is 9.90. The summed E-state index contributed by atoms with van der Waals surface area (Å²) in [6, 6.07) is 24.8. The first-order valence-electron chi connectivity index (χ1n) is 15.9. The number of hydrogen-bond acceptors (Lipinski definition) is 5. The predicted molar refractivity (Wildman–Crippen MR) is 174 cm³/mol. The fraction of sp³-hybridized carbons (Fsp3) is 0.444. The highest BCUT2D eigenvalue weighted by Gasteiger charge is 2.37. The Labute approximate surface area is 256 Å². The van der Waals surface area contributed by atoms with Gasteiger partial charge in [0.2, 0.25) is 5.91 Å². The fourth-order valence-electron chi connectivity index (χ4n) is 5.94. The molecule has 3 aromatic rings. The second-order valence-corrected chi connectivity index (χ2v) is 12.2. The van der Waals surface area contributed by atoms with Gasteiger partial charge in [-0.25, -0.2) is 4.79 Å². The topological polar surface area (TPSA) is 87.9 Å². The van der Waals surface area contributed by atoms with Crippen molar-refractivity contribution >= 4 is 23.4 Å². The molecule has 2 saturated carbocycles. The van der Waals surface area contributed by atoms with Gasteiger partial charge < -0.3 is 20.3 Å². The molecule has 2 amide bonds. The molecule has 2 aliphatic rings. The van der Waals surface area contributed by atoms with E-state index in [1.165, 1.54) is 0 Å². The molecular weight excluding hydrogens is 536 g/mol. The third-order valence-corrected chi connectivity index (χ3v) is 8.71. The lowest BCUT2D eigenvalue weighted by Gasteiger charge is -2.36. The zero-order chi connectivity index (χ0) is 30.2. The lowest BCUT2D eigenvalue weighted by molar-refractivity contribution is -0.136. The summed E-state index contributed by atoms with van der Waals surface area (Å²) in [5, 5.41) is 3.01. The van der Waals surface area contributed by atoms with E-state index in [1.807, 2.05) is 36.4 Å². The van der Waals surface area contributed by atoms with Gasteiger partial charge in [-0.3, -0.25) is 10.1 Å². The molecule has 0 saturated heterocycles. The van der Waals surface area contributed by atoms with E-state index in [0.717, 1.165) is 85.9 Å². The Morgan fingerprint density at radius 2 is 1.60 bits per heavy atom. The molecule has 0 unspecified atom stereocenters. The van der Waals surface area contributed by atoms with Crippen LogP contribution in [0, 0.1) is 5.92 Å². The molecule has 7 heteroatoms. The van der Waals surface area contributed by atoms with Crippen molar-refractivity contribution in [2.75, 3.05) is 23.8 Å². The van der Waals surface area contributed by atoms with Crippen molar-refractivity contribution < 1.29 is 14.3 Å². The molecule has 0 aliphatic heterocycles. The van der Waals surface area contributed by atoms with Gasteiger partial charge in [-0.2, -0.15) is 0 Å². The summed E-state index contributed by atoms with van der Waals surface area (Å²) in [7, 11) is 2.05. The van der Waals surface area contributed by atoms with Gasteiger partial charge in [-0.15, -0.1) is 0 Å². The second kappa shape index (κ2) is 14.6. The van der Waals surface area contributed by atoms with Crippen LogP contribution in [-0.4, -0.2) is 42.6 Å². The van der Waals surface area contributed by atoms with Gasteiger partial charge in [-0.05, 0) is 85.4 Å². The molecule has 43 heavy (non-hydrogen) atoms. The van der Waals surface area contributed by atoms with E-state index in [0.29, 0.717) is 18.1 Å². The highest BCUT2D eigenvalue weighted by Crippen LogP contribution is 2.36. The van der Waals surface area contributed by atoms with E-state index in [-0.39, 0.29) is 24.6 Å². The number of nitrogens with two attached hydrogens (primary N) is 1. The Morgan fingerprint density at radius 3 is 2.33 bits per heavy atom. The van der Waals surface area contributed by atoms with Crippen LogP contribution in [0.15, 0.2) is 72.8 Å². The molecule has 3 aromatic carbocycles. The van der Waals surface area contributed by atoms with Crippen LogP contribution >= 0.6 is 0 Å². The van der Waals surface area contributed by atoms with Crippen LogP contribution in [0.2, 0.25) is 0 Å². The number of nitrogens with zero attached hydrogens (tertiary/aromatic N) is 2. The quantitative estimate of drug-likeness (QED) is 0.233. The molecule has 2 aliphatic carbocycles. The third-order valence-electron chi connectivity index (χ3n) is 8.71. The summed E-state index contributed by atoms with van der Waals surface area (Å²) < 4.78 is 5.55. The number of amides is 2. The molecule has 0 radical (unpaired) electrons. The SMILES string of the molecule is CCCCN(C)c1ccc(-c2cccc(CN(C(=O)C3CC3)C3CCC(N)CC3)c2)cc1NC(=O)OCc1ccccc1. The van der Waals surface area contributed by atoms with Gasteiger partial charge in [0.15, 0.2) is 0 Å². The van der Waals surface area contributed by atoms with Crippen molar-refractivity contribution in [3.8, 4) is 11.1 Å². The maximum atomic E-state index is 13.4. The van der Waals surface area contributed by atoms with E-state index in [1.54, 1.807) is 0 Å². The number of nitrogens with one attached hydrogen (secondary N) is 1. The van der Waals surface area contributed by atoms with Crippen molar-refractivity contribution in [3.05, 3.63) is 83.9 Å². The Balaban J connectivity index is 1.36. The molecule has 5 rings (SSSR count). The lowest BCUT2D eigenvalue weighted by Crippen LogP contribution is -2.44. The first-order chi connectivity index (χ1) is 20.9. The molecule has 0 aromatic heterocycles. The summed E-state index contributed by atoms with van der Waals surface area (Å²) in [6.45, 7) is 3.87. The van der Waals surface area contributed by atoms with Gasteiger partial charge in [-0.1, -0.05) is 67.9 Å². The Bertz CT molecular complexity index is 1370. The van der Waals surface area contributed by atoms with Crippen molar-refractivity contribution in [1.29, 1.82) is 0 Å². The van der Waals surface area contributed by atoms with Gasteiger partial charge in [0.1, 0.15) is 6.61 Å². The monoisotopic (exact) mass is 582 g/mol. The van der Waals surface area contributed by atoms with Crippen LogP contribution in [0.25, 0.3) is 11.1 Å². The van der Waals surface area contributed by atoms with Crippen molar-refractivity contribution in [1.82, 2.24) is 4.90 Å². The number of rotatable bonds is 12. The first kappa shape index (κ1) is 30.6. The number of ether oxygens (including phenoxy) is 1. The number of carbonyl (C=O) groups excluding carboxylic acids is 2. The van der Waals surface area contributed by atoms with E-state index in [4.69, 9.17) is 10.5 Å². The summed E-state index contributed by atoms with van der Waals surface area (Å²) >= 11 is 0. The van der Waals surface area contributed by atoms with Crippen LogP contribution in [0.5, 0.6) is 0 Å². The molecule has 3 N–H and O–H groups in total. The van der Waals surface area contributed by atoms with E-state index >= 15 is 0 Å². The number of hydrogen-bond donors (Lipinski definition) is 2. The van der Waals surface area contributed by atoms with E-state index < -0.39 is 6.09 Å². The van der Waals surface area contributed by atoms with E-state index in [9.17, 15) is 9.59 Å². The highest BCUT2D eigenvalue weighted by atomic mass is 16.5. The Hall–Kier alpha value is -3.84. The molecule has 0 spiro atoms. The third kappa shape index (κ3) is 8.38. The maximum absolute atomic E-state index is 13.4. The van der Waals surface area contributed by atoms with Crippen molar-refractivity contribution in [2.45, 2.75) is 83.5 Å². The molecular formula is C36H46N4O3. The predicted octanol–water partition coefficient (Wildman–Crippen LogP) is 7.35. The minimum Gasteiger partial charge on any atom is -0.444 e. The smallest absolute Gasteiger partial charge is 0.412 e. The number of unbranched alkanes of at least 4 members (excludes halogenated alkanes) is 1.